The maximum absolute atomic E-state index is 11.9. The topological polar surface area (TPSA) is 82.1 Å². The minimum absolute atomic E-state index is 0.00421. The number of hydrogen-bond donors (Lipinski definition) is 1. The minimum atomic E-state index is -0.431. The van der Waals surface area contributed by atoms with Crippen molar-refractivity contribution in [2.75, 3.05) is 5.32 Å². The van der Waals surface area contributed by atoms with Crippen LogP contribution in [0.25, 0.3) is 11.0 Å². The summed E-state index contributed by atoms with van der Waals surface area (Å²) in [6.45, 7) is 0. The second kappa shape index (κ2) is 5.03. The highest BCUT2D eigenvalue weighted by atomic mass is 16.6. The lowest BCUT2D eigenvalue weighted by atomic mass is 10.2. The number of aryl methyl sites for hydroxylation is 2. The Balaban J connectivity index is 2.07. The average molecular weight is 298 g/mol. The first-order valence-corrected chi connectivity index (χ1v) is 6.65. The van der Waals surface area contributed by atoms with Crippen molar-refractivity contribution in [3.05, 3.63) is 63.1 Å². The van der Waals surface area contributed by atoms with Gasteiger partial charge in [0.15, 0.2) is 0 Å². The van der Waals surface area contributed by atoms with E-state index in [-0.39, 0.29) is 11.4 Å². The molecule has 1 heterocycles. The Hall–Kier alpha value is -3.09. The Kier molecular flexibility index (Phi) is 3.17. The van der Waals surface area contributed by atoms with Crippen molar-refractivity contribution < 1.29 is 4.92 Å². The molecule has 0 radical (unpaired) electrons. The molecule has 112 valence electrons. The van der Waals surface area contributed by atoms with Crippen molar-refractivity contribution in [3.8, 4) is 0 Å². The summed E-state index contributed by atoms with van der Waals surface area (Å²) >= 11 is 0. The highest BCUT2D eigenvalue weighted by molar-refractivity contribution is 5.82. The molecule has 0 aliphatic carbocycles. The quantitative estimate of drug-likeness (QED) is 0.595. The number of nitro groups is 1. The predicted octanol–water partition coefficient (Wildman–Crippen LogP) is 2.53. The number of aromatic nitrogens is 2. The molecule has 0 saturated heterocycles. The zero-order chi connectivity index (χ0) is 15.9. The number of nitro benzene ring substituents is 1. The molecule has 3 rings (SSSR count). The number of para-hydroxylation sites is 2. The molecule has 0 amide bonds. The second-order valence-corrected chi connectivity index (χ2v) is 5.00. The lowest BCUT2D eigenvalue weighted by molar-refractivity contribution is -0.383. The van der Waals surface area contributed by atoms with Crippen LogP contribution in [-0.4, -0.2) is 14.1 Å². The number of nitrogens with zero attached hydrogens (tertiary/aromatic N) is 3. The monoisotopic (exact) mass is 298 g/mol. The summed E-state index contributed by atoms with van der Waals surface area (Å²) in [7, 11) is 3.40. The van der Waals surface area contributed by atoms with Crippen LogP contribution in [0.3, 0.4) is 0 Å². The summed E-state index contributed by atoms with van der Waals surface area (Å²) in [5.74, 6) is 0. The zero-order valence-corrected chi connectivity index (χ0v) is 12.1. The van der Waals surface area contributed by atoms with Crippen LogP contribution >= 0.6 is 0 Å². The Bertz CT molecular complexity index is 940. The van der Waals surface area contributed by atoms with Gasteiger partial charge in [-0.15, -0.1) is 0 Å². The van der Waals surface area contributed by atoms with Gasteiger partial charge in [0.1, 0.15) is 5.69 Å². The van der Waals surface area contributed by atoms with Crippen LogP contribution in [0, 0.1) is 10.1 Å². The third-order valence-electron chi connectivity index (χ3n) is 3.65. The number of rotatable bonds is 3. The lowest BCUT2D eigenvalue weighted by Gasteiger charge is -2.07. The normalized spacial score (nSPS) is 10.8. The average Bonchev–Trinajstić information content (AvgIpc) is 2.72. The Morgan fingerprint density at radius 2 is 1.73 bits per heavy atom. The summed E-state index contributed by atoms with van der Waals surface area (Å²) in [6, 6.07) is 11.8. The van der Waals surface area contributed by atoms with Gasteiger partial charge in [0.2, 0.25) is 0 Å². The van der Waals surface area contributed by atoms with Crippen LogP contribution in [0.1, 0.15) is 0 Å². The van der Waals surface area contributed by atoms with Crippen molar-refractivity contribution in [1.29, 1.82) is 0 Å². The molecule has 0 atom stereocenters. The fourth-order valence-electron chi connectivity index (χ4n) is 2.48. The van der Waals surface area contributed by atoms with Gasteiger partial charge in [-0.1, -0.05) is 12.1 Å². The van der Waals surface area contributed by atoms with E-state index in [1.54, 1.807) is 53.6 Å². The molecule has 0 unspecified atom stereocenters. The van der Waals surface area contributed by atoms with Gasteiger partial charge in [-0.2, -0.15) is 0 Å². The summed E-state index contributed by atoms with van der Waals surface area (Å²) in [5, 5.41) is 14.1. The van der Waals surface area contributed by atoms with Gasteiger partial charge < -0.3 is 5.32 Å². The molecular formula is C15H14N4O3. The SMILES string of the molecule is Cn1c(=O)n(C)c2cc(Nc3ccccc3[N+](=O)[O-])ccc21. The van der Waals surface area contributed by atoms with E-state index in [0.29, 0.717) is 11.4 Å². The molecule has 0 aliphatic heterocycles. The van der Waals surface area contributed by atoms with Gasteiger partial charge >= 0.3 is 5.69 Å². The summed E-state index contributed by atoms with van der Waals surface area (Å²) in [4.78, 5) is 22.5. The summed E-state index contributed by atoms with van der Waals surface area (Å²) in [6.07, 6.45) is 0. The first kappa shape index (κ1) is 13.9. The van der Waals surface area contributed by atoms with Crippen LogP contribution in [0.5, 0.6) is 0 Å². The van der Waals surface area contributed by atoms with Crippen LogP contribution in [0.15, 0.2) is 47.3 Å². The molecule has 2 aromatic carbocycles. The number of benzene rings is 2. The molecule has 1 N–H and O–H groups in total. The highest BCUT2D eigenvalue weighted by Gasteiger charge is 2.13. The molecular weight excluding hydrogens is 284 g/mol. The third-order valence-corrected chi connectivity index (χ3v) is 3.65. The third kappa shape index (κ3) is 2.12. The van der Waals surface area contributed by atoms with Crippen LogP contribution < -0.4 is 11.0 Å². The number of nitrogens with one attached hydrogen (secondary N) is 1. The van der Waals surface area contributed by atoms with E-state index in [4.69, 9.17) is 0 Å². The molecule has 22 heavy (non-hydrogen) atoms. The number of hydrogen-bond acceptors (Lipinski definition) is 4. The maximum Gasteiger partial charge on any atom is 0.328 e. The standard InChI is InChI=1S/C15H14N4O3/c1-17-13-8-7-10(9-14(13)18(2)15(17)20)16-11-5-3-4-6-12(11)19(21)22/h3-9,16H,1-2H3. The second-order valence-electron chi connectivity index (χ2n) is 5.00. The first-order chi connectivity index (χ1) is 10.5. The van der Waals surface area contributed by atoms with E-state index >= 15 is 0 Å². The van der Waals surface area contributed by atoms with Crippen molar-refractivity contribution in [3.63, 3.8) is 0 Å². The number of fused-ring (bicyclic) bond motifs is 1. The van der Waals surface area contributed by atoms with E-state index in [1.807, 2.05) is 6.07 Å². The van der Waals surface area contributed by atoms with Crippen LogP contribution in [0.4, 0.5) is 17.1 Å². The number of anilines is 2. The first-order valence-electron chi connectivity index (χ1n) is 6.65. The van der Waals surface area contributed by atoms with E-state index in [9.17, 15) is 14.9 Å². The molecule has 7 heteroatoms. The van der Waals surface area contributed by atoms with Gasteiger partial charge in [0, 0.05) is 25.8 Å². The van der Waals surface area contributed by atoms with Crippen molar-refractivity contribution >= 4 is 28.1 Å². The van der Waals surface area contributed by atoms with Gasteiger partial charge in [-0.25, -0.2) is 4.79 Å². The summed E-state index contributed by atoms with van der Waals surface area (Å²) in [5.41, 5.74) is 2.55. The van der Waals surface area contributed by atoms with Crippen molar-refractivity contribution in [1.82, 2.24) is 9.13 Å². The van der Waals surface area contributed by atoms with E-state index in [0.717, 1.165) is 11.0 Å². The van der Waals surface area contributed by atoms with Crippen molar-refractivity contribution in [2.45, 2.75) is 0 Å². The van der Waals surface area contributed by atoms with Crippen LogP contribution in [0.2, 0.25) is 0 Å². The molecule has 0 saturated carbocycles. The Labute approximate surface area is 125 Å². The predicted molar refractivity (Wildman–Crippen MR) is 84.5 cm³/mol. The van der Waals surface area contributed by atoms with E-state index in [1.165, 1.54) is 6.07 Å². The molecule has 0 aliphatic rings. The largest absolute Gasteiger partial charge is 0.350 e. The van der Waals surface area contributed by atoms with E-state index < -0.39 is 4.92 Å². The lowest BCUT2D eigenvalue weighted by Crippen LogP contribution is -2.19. The Morgan fingerprint density at radius 3 is 2.45 bits per heavy atom. The van der Waals surface area contributed by atoms with Gasteiger partial charge in [0.05, 0.1) is 16.0 Å². The van der Waals surface area contributed by atoms with E-state index in [2.05, 4.69) is 5.32 Å². The molecule has 7 nitrogen and oxygen atoms in total. The maximum atomic E-state index is 11.9. The molecule has 0 spiro atoms. The molecule has 1 aromatic heterocycles. The zero-order valence-electron chi connectivity index (χ0n) is 12.1. The van der Waals surface area contributed by atoms with Gasteiger partial charge in [-0.05, 0) is 24.3 Å². The smallest absolute Gasteiger partial charge is 0.328 e. The van der Waals surface area contributed by atoms with Gasteiger partial charge in [0.25, 0.3) is 5.69 Å². The molecule has 0 fully saturated rings. The minimum Gasteiger partial charge on any atom is -0.350 e. The number of imidazole rings is 1. The fraction of sp³-hybridized carbons (Fsp3) is 0.133. The fourth-order valence-corrected chi connectivity index (χ4v) is 2.48. The summed E-state index contributed by atoms with van der Waals surface area (Å²) < 4.78 is 3.10. The highest BCUT2D eigenvalue weighted by Crippen LogP contribution is 2.28. The molecule has 0 bridgehead atoms. The van der Waals surface area contributed by atoms with Crippen LogP contribution in [-0.2, 0) is 14.1 Å². The van der Waals surface area contributed by atoms with Gasteiger partial charge in [-0.3, -0.25) is 19.2 Å². The molecule has 3 aromatic rings. The van der Waals surface area contributed by atoms with Crippen molar-refractivity contribution in [2.24, 2.45) is 14.1 Å². The Morgan fingerprint density at radius 1 is 1.05 bits per heavy atom.